The number of nitrogens with one attached hydrogen (secondary N) is 1. The van der Waals surface area contributed by atoms with E-state index >= 15 is 0 Å². The van der Waals surface area contributed by atoms with Crippen LogP contribution in [0.4, 0.5) is 5.69 Å². The number of aliphatic carboxylic acids is 1. The van der Waals surface area contributed by atoms with E-state index < -0.39 is 12.0 Å². The third kappa shape index (κ3) is 3.71. The Bertz CT molecular complexity index is 410. The van der Waals surface area contributed by atoms with E-state index in [-0.39, 0.29) is 5.92 Å². The van der Waals surface area contributed by atoms with Gasteiger partial charge in [-0.2, -0.15) is 0 Å². The van der Waals surface area contributed by atoms with E-state index in [0.717, 1.165) is 20.2 Å². The van der Waals surface area contributed by atoms with Crippen molar-refractivity contribution in [3.05, 3.63) is 26.6 Å². The molecular weight excluding hydrogens is 350 g/mol. The average molecular weight is 365 g/mol. The summed E-state index contributed by atoms with van der Waals surface area (Å²) in [5.41, 5.74) is 1.88. The van der Waals surface area contributed by atoms with Gasteiger partial charge in [-0.25, -0.2) is 4.79 Å². The maximum Gasteiger partial charge on any atom is 0.326 e. The molecule has 0 saturated carbocycles. The van der Waals surface area contributed by atoms with Gasteiger partial charge in [0.05, 0.1) is 5.69 Å². The topological polar surface area (TPSA) is 49.3 Å². The van der Waals surface area contributed by atoms with E-state index in [9.17, 15) is 4.79 Å². The van der Waals surface area contributed by atoms with E-state index in [2.05, 4.69) is 37.2 Å². The molecule has 0 amide bonds. The third-order valence-electron chi connectivity index (χ3n) is 2.42. The zero-order valence-corrected chi connectivity index (χ0v) is 13.1. The minimum Gasteiger partial charge on any atom is -0.480 e. The molecule has 0 aliphatic carbocycles. The van der Waals surface area contributed by atoms with Gasteiger partial charge in [-0.3, -0.25) is 0 Å². The van der Waals surface area contributed by atoms with Crippen LogP contribution in [-0.2, 0) is 4.79 Å². The van der Waals surface area contributed by atoms with Crippen molar-refractivity contribution in [1.29, 1.82) is 0 Å². The van der Waals surface area contributed by atoms with Crippen LogP contribution in [0.25, 0.3) is 0 Å². The number of hydrogen-bond acceptors (Lipinski definition) is 2. The zero-order chi connectivity index (χ0) is 13.2. The van der Waals surface area contributed by atoms with Crippen molar-refractivity contribution in [3.8, 4) is 0 Å². The lowest BCUT2D eigenvalue weighted by Crippen LogP contribution is -2.34. The highest BCUT2D eigenvalue weighted by Gasteiger charge is 2.22. The second kappa shape index (κ2) is 5.87. The van der Waals surface area contributed by atoms with Gasteiger partial charge in [0.15, 0.2) is 0 Å². The smallest absolute Gasteiger partial charge is 0.326 e. The Hall–Kier alpha value is -0.550. The van der Waals surface area contributed by atoms with Crippen LogP contribution in [0.3, 0.4) is 0 Å². The van der Waals surface area contributed by atoms with Gasteiger partial charge >= 0.3 is 5.97 Å². The van der Waals surface area contributed by atoms with E-state index in [1.54, 1.807) is 0 Å². The number of carbonyl (C=O) groups is 1. The Labute approximate surface area is 118 Å². The summed E-state index contributed by atoms with van der Waals surface area (Å²) in [5.74, 6) is -0.841. The molecule has 1 aromatic carbocycles. The summed E-state index contributed by atoms with van der Waals surface area (Å²) >= 11 is 6.88. The number of halogens is 2. The first-order valence-corrected chi connectivity index (χ1v) is 6.86. The highest BCUT2D eigenvalue weighted by atomic mass is 79.9. The summed E-state index contributed by atoms with van der Waals surface area (Å²) in [6.07, 6.45) is 0. The van der Waals surface area contributed by atoms with Crippen molar-refractivity contribution in [1.82, 2.24) is 0 Å². The van der Waals surface area contributed by atoms with Gasteiger partial charge in [-0.1, -0.05) is 13.8 Å². The normalized spacial score (nSPS) is 12.6. The van der Waals surface area contributed by atoms with E-state index in [1.165, 1.54) is 0 Å². The monoisotopic (exact) mass is 363 g/mol. The Kier molecular flexibility index (Phi) is 5.01. The van der Waals surface area contributed by atoms with E-state index in [1.807, 2.05) is 32.9 Å². The largest absolute Gasteiger partial charge is 0.480 e. The molecule has 2 N–H and O–H groups in total. The van der Waals surface area contributed by atoms with Crippen LogP contribution >= 0.6 is 31.9 Å². The predicted octanol–water partition coefficient (Wildman–Crippen LogP) is 4.04. The van der Waals surface area contributed by atoms with Crippen LogP contribution in [0.5, 0.6) is 0 Å². The fourth-order valence-corrected chi connectivity index (χ4v) is 3.15. The average Bonchev–Trinajstić information content (AvgIpc) is 2.14. The number of carboxylic acids is 1. The SMILES string of the molecule is Cc1cc(Br)c(NC(C(=O)O)C(C)C)c(Br)c1. The molecule has 0 spiro atoms. The molecular formula is C12H15Br2NO2. The summed E-state index contributed by atoms with van der Waals surface area (Å²) in [4.78, 5) is 11.1. The van der Waals surface area contributed by atoms with Crippen LogP contribution in [0.1, 0.15) is 19.4 Å². The van der Waals surface area contributed by atoms with Crippen molar-refractivity contribution in [2.75, 3.05) is 5.32 Å². The maximum absolute atomic E-state index is 11.1. The molecule has 94 valence electrons. The van der Waals surface area contributed by atoms with Crippen LogP contribution < -0.4 is 5.32 Å². The second-order valence-electron chi connectivity index (χ2n) is 4.31. The molecule has 1 rings (SSSR count). The molecule has 0 aliphatic heterocycles. The lowest BCUT2D eigenvalue weighted by Gasteiger charge is -2.21. The first-order valence-electron chi connectivity index (χ1n) is 5.28. The molecule has 0 aromatic heterocycles. The number of aryl methyl sites for hydroxylation is 1. The van der Waals surface area contributed by atoms with Gasteiger partial charge in [-0.15, -0.1) is 0 Å². The summed E-state index contributed by atoms with van der Waals surface area (Å²) in [6.45, 7) is 5.74. The minimum absolute atomic E-state index is 0.00704. The minimum atomic E-state index is -0.848. The summed E-state index contributed by atoms with van der Waals surface area (Å²) in [5, 5.41) is 12.2. The molecule has 1 atom stereocenters. The first-order chi connectivity index (χ1) is 7.82. The Morgan fingerprint density at radius 1 is 1.29 bits per heavy atom. The van der Waals surface area contributed by atoms with Gasteiger partial charge in [-0.05, 0) is 62.4 Å². The molecule has 1 unspecified atom stereocenters. The van der Waals surface area contributed by atoms with Crippen molar-refractivity contribution in [3.63, 3.8) is 0 Å². The Morgan fingerprint density at radius 3 is 2.12 bits per heavy atom. The molecule has 0 heterocycles. The standard InChI is InChI=1S/C12H15Br2NO2/c1-6(2)10(12(16)17)15-11-8(13)4-7(3)5-9(11)14/h4-6,10,15H,1-3H3,(H,16,17). The quantitative estimate of drug-likeness (QED) is 0.847. The number of rotatable bonds is 4. The molecule has 3 nitrogen and oxygen atoms in total. The van der Waals surface area contributed by atoms with Crippen molar-refractivity contribution in [2.45, 2.75) is 26.8 Å². The van der Waals surface area contributed by atoms with Crippen LogP contribution in [0, 0.1) is 12.8 Å². The lowest BCUT2D eigenvalue weighted by atomic mass is 10.0. The van der Waals surface area contributed by atoms with Crippen molar-refractivity contribution in [2.24, 2.45) is 5.92 Å². The molecule has 0 bridgehead atoms. The number of carboxylic acid groups (broad SMARTS) is 1. The molecule has 0 saturated heterocycles. The van der Waals surface area contributed by atoms with E-state index in [0.29, 0.717) is 0 Å². The summed E-state index contributed by atoms with van der Waals surface area (Å²) in [7, 11) is 0. The molecule has 0 radical (unpaired) electrons. The highest BCUT2D eigenvalue weighted by Crippen LogP contribution is 2.33. The molecule has 0 aliphatic rings. The van der Waals surface area contributed by atoms with Gasteiger partial charge in [0.1, 0.15) is 6.04 Å². The summed E-state index contributed by atoms with van der Waals surface area (Å²) < 4.78 is 1.72. The Balaban J connectivity index is 3.05. The third-order valence-corrected chi connectivity index (χ3v) is 3.67. The molecule has 5 heteroatoms. The van der Waals surface area contributed by atoms with Crippen molar-refractivity contribution < 1.29 is 9.90 Å². The molecule has 0 fully saturated rings. The van der Waals surface area contributed by atoms with Crippen molar-refractivity contribution >= 4 is 43.5 Å². The lowest BCUT2D eigenvalue weighted by molar-refractivity contribution is -0.138. The van der Waals surface area contributed by atoms with Gasteiger partial charge in [0, 0.05) is 8.95 Å². The molecule has 1 aromatic rings. The van der Waals surface area contributed by atoms with Crippen LogP contribution in [-0.4, -0.2) is 17.1 Å². The summed E-state index contributed by atoms with van der Waals surface area (Å²) in [6, 6.07) is 3.30. The van der Waals surface area contributed by atoms with Gasteiger partial charge in [0.25, 0.3) is 0 Å². The maximum atomic E-state index is 11.1. The zero-order valence-electron chi connectivity index (χ0n) is 9.92. The van der Waals surface area contributed by atoms with Gasteiger partial charge in [0.2, 0.25) is 0 Å². The van der Waals surface area contributed by atoms with Crippen LogP contribution in [0.15, 0.2) is 21.1 Å². The fraction of sp³-hybridized carbons (Fsp3) is 0.417. The van der Waals surface area contributed by atoms with Crippen LogP contribution in [0.2, 0.25) is 0 Å². The molecule has 17 heavy (non-hydrogen) atoms. The number of hydrogen-bond donors (Lipinski definition) is 2. The van der Waals surface area contributed by atoms with Gasteiger partial charge < -0.3 is 10.4 Å². The Morgan fingerprint density at radius 2 is 1.76 bits per heavy atom. The first kappa shape index (κ1) is 14.5. The highest BCUT2D eigenvalue weighted by molar-refractivity contribution is 9.11. The fourth-order valence-electron chi connectivity index (χ4n) is 1.51. The predicted molar refractivity (Wildman–Crippen MR) is 76.5 cm³/mol. The second-order valence-corrected chi connectivity index (χ2v) is 6.02. The van der Waals surface area contributed by atoms with E-state index in [4.69, 9.17) is 5.11 Å². The number of anilines is 1. The number of benzene rings is 1.